The van der Waals surface area contributed by atoms with Gasteiger partial charge in [0.1, 0.15) is 5.54 Å². The van der Waals surface area contributed by atoms with Crippen LogP contribution >= 0.6 is 0 Å². The summed E-state index contributed by atoms with van der Waals surface area (Å²) in [6.07, 6.45) is 4.34. The molecule has 2 saturated heterocycles. The van der Waals surface area contributed by atoms with Crippen LogP contribution < -0.4 is 15.5 Å². The molecular weight excluding hydrogens is 396 g/mol. The second kappa shape index (κ2) is 7.25. The van der Waals surface area contributed by atoms with Crippen LogP contribution in [-0.4, -0.2) is 63.7 Å². The van der Waals surface area contributed by atoms with E-state index >= 15 is 0 Å². The Morgan fingerprint density at radius 2 is 2.06 bits per heavy atom. The molecule has 4 amide bonds. The van der Waals surface area contributed by atoms with Crippen molar-refractivity contribution in [2.75, 3.05) is 24.5 Å². The molecule has 2 N–H and O–H groups in total. The number of anilines is 1. The SMILES string of the molecule is C[C@H]1CN(C(=O)CCC2(C3CC3)NC(=O)NC2=O)CCN1c1cccc2c1cnn2C. The van der Waals surface area contributed by atoms with Gasteiger partial charge in [0.25, 0.3) is 5.91 Å². The maximum atomic E-state index is 13.0. The summed E-state index contributed by atoms with van der Waals surface area (Å²) in [5.41, 5.74) is 1.32. The first kappa shape index (κ1) is 19.8. The topological polar surface area (TPSA) is 99.6 Å². The molecule has 1 saturated carbocycles. The number of nitrogens with zero attached hydrogens (tertiary/aromatic N) is 4. The largest absolute Gasteiger partial charge is 0.365 e. The van der Waals surface area contributed by atoms with Crippen LogP contribution in [0, 0.1) is 5.92 Å². The summed E-state index contributed by atoms with van der Waals surface area (Å²) in [4.78, 5) is 41.3. The first-order chi connectivity index (χ1) is 14.9. The highest BCUT2D eigenvalue weighted by Gasteiger charge is 2.55. The van der Waals surface area contributed by atoms with Crippen molar-refractivity contribution in [1.29, 1.82) is 0 Å². The summed E-state index contributed by atoms with van der Waals surface area (Å²) in [7, 11) is 1.94. The second-order valence-electron chi connectivity index (χ2n) is 9.01. The molecule has 2 aromatic rings. The summed E-state index contributed by atoms with van der Waals surface area (Å²) in [5.74, 6) is -0.0990. The Labute approximate surface area is 180 Å². The molecule has 9 nitrogen and oxygen atoms in total. The molecular formula is C22H28N6O3. The summed E-state index contributed by atoms with van der Waals surface area (Å²) in [6, 6.07) is 5.93. The predicted octanol–water partition coefficient (Wildman–Crippen LogP) is 1.38. The van der Waals surface area contributed by atoms with E-state index in [1.54, 1.807) is 0 Å². The van der Waals surface area contributed by atoms with Gasteiger partial charge >= 0.3 is 6.03 Å². The number of piperazine rings is 1. The van der Waals surface area contributed by atoms with Crippen molar-refractivity contribution in [3.8, 4) is 0 Å². The molecule has 31 heavy (non-hydrogen) atoms. The Bertz CT molecular complexity index is 1060. The molecule has 0 radical (unpaired) electrons. The smallest absolute Gasteiger partial charge is 0.322 e. The maximum Gasteiger partial charge on any atom is 0.322 e. The summed E-state index contributed by atoms with van der Waals surface area (Å²) in [5, 5.41) is 10.7. The van der Waals surface area contributed by atoms with E-state index in [0.717, 1.165) is 36.0 Å². The number of urea groups is 1. The highest BCUT2D eigenvalue weighted by atomic mass is 16.2. The maximum absolute atomic E-state index is 13.0. The standard InChI is InChI=1S/C22H28N6O3/c1-14-13-27(10-11-28(14)18-5-3-4-17-16(18)12-23-26(17)2)19(29)8-9-22(15-6-7-15)20(30)24-21(31)25-22/h3-5,12,14-15H,6-11,13H2,1-2H3,(H2,24,25,30,31)/t14-,22?/m0/s1. The number of hydrogen-bond acceptors (Lipinski definition) is 5. The van der Waals surface area contributed by atoms with Crippen LogP contribution in [0.1, 0.15) is 32.6 Å². The molecule has 1 aliphatic carbocycles. The molecule has 2 aliphatic heterocycles. The van der Waals surface area contributed by atoms with Gasteiger partial charge in [0, 0.05) is 50.2 Å². The van der Waals surface area contributed by atoms with Gasteiger partial charge in [0.2, 0.25) is 5.91 Å². The molecule has 0 spiro atoms. The van der Waals surface area contributed by atoms with Gasteiger partial charge < -0.3 is 15.1 Å². The zero-order valence-corrected chi connectivity index (χ0v) is 17.9. The number of carbonyl (C=O) groups excluding carboxylic acids is 3. The minimum Gasteiger partial charge on any atom is -0.365 e. The van der Waals surface area contributed by atoms with E-state index < -0.39 is 11.6 Å². The quantitative estimate of drug-likeness (QED) is 0.707. The van der Waals surface area contributed by atoms with Crippen LogP contribution in [0.3, 0.4) is 0 Å². The highest BCUT2D eigenvalue weighted by molar-refractivity contribution is 6.07. The van der Waals surface area contributed by atoms with Crippen molar-refractivity contribution < 1.29 is 14.4 Å². The van der Waals surface area contributed by atoms with Gasteiger partial charge in [0.05, 0.1) is 11.7 Å². The lowest BCUT2D eigenvalue weighted by Crippen LogP contribution is -2.54. The first-order valence-electron chi connectivity index (χ1n) is 11.0. The number of hydrogen-bond donors (Lipinski definition) is 2. The fourth-order valence-corrected chi connectivity index (χ4v) is 5.17. The number of benzene rings is 1. The third-order valence-corrected chi connectivity index (χ3v) is 7.03. The van der Waals surface area contributed by atoms with Crippen LogP contribution in [0.4, 0.5) is 10.5 Å². The van der Waals surface area contributed by atoms with Gasteiger partial charge in [-0.25, -0.2) is 4.79 Å². The van der Waals surface area contributed by atoms with Gasteiger partial charge in [-0.1, -0.05) is 6.07 Å². The van der Waals surface area contributed by atoms with Crippen molar-refractivity contribution in [1.82, 2.24) is 25.3 Å². The number of nitrogens with one attached hydrogen (secondary N) is 2. The fourth-order valence-electron chi connectivity index (χ4n) is 5.17. The predicted molar refractivity (Wildman–Crippen MR) is 115 cm³/mol. The van der Waals surface area contributed by atoms with Crippen molar-refractivity contribution in [3.05, 3.63) is 24.4 Å². The molecule has 3 heterocycles. The molecule has 0 bridgehead atoms. The number of amides is 4. The summed E-state index contributed by atoms with van der Waals surface area (Å²) < 4.78 is 1.87. The number of aromatic nitrogens is 2. The third-order valence-electron chi connectivity index (χ3n) is 7.03. The van der Waals surface area contributed by atoms with Gasteiger partial charge in [-0.15, -0.1) is 0 Å². The lowest BCUT2D eigenvalue weighted by atomic mass is 9.87. The first-order valence-corrected chi connectivity index (χ1v) is 11.0. The minimum absolute atomic E-state index is 0.0417. The van der Waals surface area contributed by atoms with E-state index in [2.05, 4.69) is 39.7 Å². The van der Waals surface area contributed by atoms with E-state index in [4.69, 9.17) is 0 Å². The number of rotatable bonds is 5. The van der Waals surface area contributed by atoms with Crippen LogP contribution in [0.15, 0.2) is 24.4 Å². The average molecular weight is 425 g/mol. The third kappa shape index (κ3) is 3.32. The summed E-state index contributed by atoms with van der Waals surface area (Å²) in [6.45, 7) is 4.14. The normalized spacial score (nSPS) is 26.3. The Morgan fingerprint density at radius 3 is 2.74 bits per heavy atom. The molecule has 1 unspecified atom stereocenters. The van der Waals surface area contributed by atoms with Crippen molar-refractivity contribution in [2.24, 2.45) is 13.0 Å². The number of imide groups is 1. The van der Waals surface area contributed by atoms with E-state index in [1.807, 2.05) is 28.9 Å². The zero-order valence-electron chi connectivity index (χ0n) is 17.9. The monoisotopic (exact) mass is 424 g/mol. The van der Waals surface area contributed by atoms with Crippen molar-refractivity contribution >= 4 is 34.4 Å². The summed E-state index contributed by atoms with van der Waals surface area (Å²) >= 11 is 0. The molecule has 1 aromatic carbocycles. The molecule has 1 aromatic heterocycles. The van der Waals surface area contributed by atoms with Gasteiger partial charge in [0.15, 0.2) is 0 Å². The Hall–Kier alpha value is -3.10. The van der Waals surface area contributed by atoms with E-state index in [9.17, 15) is 14.4 Å². The van der Waals surface area contributed by atoms with Gasteiger partial charge in [-0.05, 0) is 44.2 Å². The number of carbonyl (C=O) groups is 3. The van der Waals surface area contributed by atoms with Gasteiger partial charge in [-0.3, -0.25) is 19.6 Å². The molecule has 164 valence electrons. The lowest BCUT2D eigenvalue weighted by Gasteiger charge is -2.41. The Balaban J connectivity index is 1.25. The molecule has 3 fully saturated rings. The number of fused-ring (bicyclic) bond motifs is 1. The van der Waals surface area contributed by atoms with Crippen molar-refractivity contribution in [2.45, 2.75) is 44.2 Å². The second-order valence-corrected chi connectivity index (χ2v) is 9.01. The zero-order chi connectivity index (χ0) is 21.8. The van der Waals surface area contributed by atoms with E-state index in [1.165, 1.54) is 0 Å². The lowest BCUT2D eigenvalue weighted by molar-refractivity contribution is -0.133. The van der Waals surface area contributed by atoms with Crippen LogP contribution in [0.2, 0.25) is 0 Å². The molecule has 5 rings (SSSR count). The average Bonchev–Trinajstić information content (AvgIpc) is 3.48. The fraction of sp³-hybridized carbons (Fsp3) is 0.545. The minimum atomic E-state index is -0.907. The van der Waals surface area contributed by atoms with Gasteiger partial charge in [-0.2, -0.15) is 5.10 Å². The highest BCUT2D eigenvalue weighted by Crippen LogP contribution is 2.43. The van der Waals surface area contributed by atoms with Crippen molar-refractivity contribution in [3.63, 3.8) is 0 Å². The van der Waals surface area contributed by atoms with Crippen LogP contribution in [0.5, 0.6) is 0 Å². The number of aryl methyl sites for hydroxylation is 1. The van der Waals surface area contributed by atoms with Crippen LogP contribution in [-0.2, 0) is 16.6 Å². The Kier molecular flexibility index (Phi) is 4.64. The Morgan fingerprint density at radius 1 is 1.26 bits per heavy atom. The van der Waals surface area contributed by atoms with E-state index in [0.29, 0.717) is 19.5 Å². The molecule has 9 heteroatoms. The van der Waals surface area contributed by atoms with E-state index in [-0.39, 0.29) is 30.2 Å². The molecule has 2 atom stereocenters. The van der Waals surface area contributed by atoms with Crippen LogP contribution in [0.25, 0.3) is 10.9 Å². The molecule has 3 aliphatic rings.